The van der Waals surface area contributed by atoms with Crippen molar-refractivity contribution in [2.24, 2.45) is 0 Å². The minimum atomic E-state index is 0.304. The molecule has 5 heteroatoms. The van der Waals surface area contributed by atoms with Gasteiger partial charge in [-0.3, -0.25) is 0 Å². The molecule has 0 aliphatic rings. The second-order valence-corrected chi connectivity index (χ2v) is 5.16. The van der Waals surface area contributed by atoms with Gasteiger partial charge in [-0.1, -0.05) is 6.92 Å². The molecule has 0 radical (unpaired) electrons. The van der Waals surface area contributed by atoms with Gasteiger partial charge in [-0.25, -0.2) is 4.98 Å². The second kappa shape index (κ2) is 7.02. The van der Waals surface area contributed by atoms with E-state index in [4.69, 9.17) is 11.0 Å². The molecule has 1 rings (SSSR count). The number of aromatic nitrogens is 1. The number of rotatable bonds is 6. The van der Waals surface area contributed by atoms with Crippen molar-refractivity contribution in [3.63, 3.8) is 0 Å². The average Bonchev–Trinajstić information content (AvgIpc) is 2.32. The van der Waals surface area contributed by atoms with E-state index in [2.05, 4.69) is 30.2 Å². The zero-order chi connectivity index (χ0) is 12.7. The Morgan fingerprint density at radius 3 is 3.06 bits per heavy atom. The Bertz CT molecular complexity index is 400. The molecule has 3 N–H and O–H groups in total. The third-order valence-electron chi connectivity index (χ3n) is 2.39. The number of nitriles is 1. The first-order valence-corrected chi connectivity index (χ1v) is 6.83. The molecular weight excluding hydrogens is 232 g/mol. The lowest BCUT2D eigenvalue weighted by atomic mass is 10.2. The molecule has 1 unspecified atom stereocenters. The van der Waals surface area contributed by atoms with Gasteiger partial charge in [-0.2, -0.15) is 17.0 Å². The molecule has 0 saturated heterocycles. The summed E-state index contributed by atoms with van der Waals surface area (Å²) in [5, 5.41) is 12.1. The summed E-state index contributed by atoms with van der Waals surface area (Å²) in [6.45, 7) is 4.25. The van der Waals surface area contributed by atoms with Crippen LogP contribution in [0.3, 0.4) is 0 Å². The maximum Gasteiger partial charge on any atom is 0.150 e. The standard InChI is InChI=1S/C12H18N4S/c1-3-17-7-5-9(2)16-12-11(14)10(8-13)4-6-15-12/h4,6,9H,3,5,7,14H2,1-2H3,(H,15,16). The molecule has 0 aromatic carbocycles. The zero-order valence-corrected chi connectivity index (χ0v) is 11.0. The number of hydrogen-bond acceptors (Lipinski definition) is 5. The van der Waals surface area contributed by atoms with E-state index in [-0.39, 0.29) is 0 Å². The average molecular weight is 250 g/mol. The first-order chi connectivity index (χ1) is 8.19. The van der Waals surface area contributed by atoms with Crippen molar-refractivity contribution in [3.05, 3.63) is 17.8 Å². The fourth-order valence-electron chi connectivity index (χ4n) is 1.40. The third kappa shape index (κ3) is 4.16. The highest BCUT2D eigenvalue weighted by Crippen LogP contribution is 2.20. The summed E-state index contributed by atoms with van der Waals surface area (Å²) in [5.41, 5.74) is 6.75. The molecule has 1 heterocycles. The first-order valence-electron chi connectivity index (χ1n) is 5.67. The third-order valence-corrected chi connectivity index (χ3v) is 3.33. The molecule has 0 bridgehead atoms. The zero-order valence-electron chi connectivity index (χ0n) is 10.2. The van der Waals surface area contributed by atoms with Crippen LogP contribution in [0.4, 0.5) is 11.5 Å². The topological polar surface area (TPSA) is 74.7 Å². The lowest BCUT2D eigenvalue weighted by Gasteiger charge is -2.15. The van der Waals surface area contributed by atoms with E-state index in [1.165, 1.54) is 0 Å². The van der Waals surface area contributed by atoms with Crippen molar-refractivity contribution in [3.8, 4) is 6.07 Å². The van der Waals surface area contributed by atoms with Crippen molar-refractivity contribution in [2.45, 2.75) is 26.3 Å². The highest BCUT2D eigenvalue weighted by molar-refractivity contribution is 7.99. The van der Waals surface area contributed by atoms with Gasteiger partial charge in [0.2, 0.25) is 0 Å². The number of nitrogen functional groups attached to an aromatic ring is 1. The molecule has 92 valence electrons. The van der Waals surface area contributed by atoms with Crippen molar-refractivity contribution >= 4 is 23.3 Å². The number of nitrogens with zero attached hydrogens (tertiary/aromatic N) is 2. The van der Waals surface area contributed by atoms with E-state index in [9.17, 15) is 0 Å². The van der Waals surface area contributed by atoms with Crippen LogP contribution in [-0.4, -0.2) is 22.5 Å². The van der Waals surface area contributed by atoms with Gasteiger partial charge >= 0.3 is 0 Å². The predicted octanol–water partition coefficient (Wildman–Crippen LogP) is 2.48. The number of thioether (sulfide) groups is 1. The maximum atomic E-state index is 8.86. The molecule has 0 saturated carbocycles. The first kappa shape index (κ1) is 13.7. The van der Waals surface area contributed by atoms with E-state index in [0.717, 1.165) is 17.9 Å². The van der Waals surface area contributed by atoms with Crippen LogP contribution >= 0.6 is 11.8 Å². The summed E-state index contributed by atoms with van der Waals surface area (Å²) in [7, 11) is 0. The smallest absolute Gasteiger partial charge is 0.150 e. The lowest BCUT2D eigenvalue weighted by molar-refractivity contribution is 0.767. The predicted molar refractivity (Wildman–Crippen MR) is 74.1 cm³/mol. The Kier molecular flexibility index (Phi) is 5.64. The summed E-state index contributed by atoms with van der Waals surface area (Å²) in [5.74, 6) is 2.86. The molecule has 1 aromatic rings. The highest BCUT2D eigenvalue weighted by atomic mass is 32.2. The van der Waals surface area contributed by atoms with Crippen LogP contribution in [0.2, 0.25) is 0 Å². The monoisotopic (exact) mass is 250 g/mol. The van der Waals surface area contributed by atoms with E-state index in [0.29, 0.717) is 23.1 Å². The van der Waals surface area contributed by atoms with Crippen molar-refractivity contribution < 1.29 is 0 Å². The molecular formula is C12H18N4S. The summed E-state index contributed by atoms with van der Waals surface area (Å²) in [6, 6.07) is 3.98. The number of hydrogen-bond donors (Lipinski definition) is 2. The van der Waals surface area contributed by atoms with Gasteiger partial charge < -0.3 is 11.1 Å². The van der Waals surface area contributed by atoms with Crippen molar-refractivity contribution in [1.82, 2.24) is 4.98 Å². The Morgan fingerprint density at radius 2 is 2.41 bits per heavy atom. The molecule has 17 heavy (non-hydrogen) atoms. The summed E-state index contributed by atoms with van der Waals surface area (Å²) >= 11 is 1.91. The Hall–Kier alpha value is -1.41. The van der Waals surface area contributed by atoms with E-state index in [1.807, 2.05) is 11.8 Å². The lowest BCUT2D eigenvalue weighted by Crippen LogP contribution is -2.18. The summed E-state index contributed by atoms with van der Waals surface area (Å²) in [4.78, 5) is 4.16. The molecule has 1 atom stereocenters. The van der Waals surface area contributed by atoms with E-state index < -0.39 is 0 Å². The normalized spacial score (nSPS) is 11.8. The minimum Gasteiger partial charge on any atom is -0.395 e. The van der Waals surface area contributed by atoms with Crippen LogP contribution < -0.4 is 11.1 Å². The number of nitrogens with two attached hydrogens (primary N) is 1. The van der Waals surface area contributed by atoms with Crippen molar-refractivity contribution in [1.29, 1.82) is 5.26 Å². The minimum absolute atomic E-state index is 0.304. The van der Waals surface area contributed by atoms with Crippen molar-refractivity contribution in [2.75, 3.05) is 22.6 Å². The molecule has 0 amide bonds. The number of pyridine rings is 1. The summed E-state index contributed by atoms with van der Waals surface area (Å²) < 4.78 is 0. The molecule has 1 aromatic heterocycles. The molecule has 0 spiro atoms. The van der Waals surface area contributed by atoms with Gasteiger partial charge in [-0.05, 0) is 30.9 Å². The van der Waals surface area contributed by atoms with Crippen LogP contribution in [0.15, 0.2) is 12.3 Å². The van der Waals surface area contributed by atoms with Gasteiger partial charge in [0.05, 0.1) is 11.3 Å². The number of anilines is 2. The largest absolute Gasteiger partial charge is 0.395 e. The van der Waals surface area contributed by atoms with E-state index in [1.54, 1.807) is 12.3 Å². The Balaban J connectivity index is 2.59. The molecule has 0 aliphatic carbocycles. The van der Waals surface area contributed by atoms with Crippen LogP contribution in [-0.2, 0) is 0 Å². The van der Waals surface area contributed by atoms with Crippen LogP contribution in [0.1, 0.15) is 25.8 Å². The quantitative estimate of drug-likeness (QED) is 0.759. The number of nitrogens with one attached hydrogen (secondary N) is 1. The molecule has 0 aliphatic heterocycles. The fourth-order valence-corrected chi connectivity index (χ4v) is 2.20. The fraction of sp³-hybridized carbons (Fsp3) is 0.500. The highest BCUT2D eigenvalue weighted by Gasteiger charge is 2.08. The van der Waals surface area contributed by atoms with Crippen LogP contribution in [0.25, 0.3) is 0 Å². The van der Waals surface area contributed by atoms with Gasteiger partial charge in [0.15, 0.2) is 5.82 Å². The Morgan fingerprint density at radius 1 is 1.65 bits per heavy atom. The maximum absolute atomic E-state index is 8.86. The van der Waals surface area contributed by atoms with E-state index >= 15 is 0 Å². The molecule has 4 nitrogen and oxygen atoms in total. The van der Waals surface area contributed by atoms with Crippen LogP contribution in [0, 0.1) is 11.3 Å². The summed E-state index contributed by atoms with van der Waals surface area (Å²) in [6.07, 6.45) is 2.65. The SMILES string of the molecule is CCSCCC(C)Nc1nccc(C#N)c1N. The second-order valence-electron chi connectivity index (χ2n) is 3.76. The Labute approximate surface area is 107 Å². The van der Waals surface area contributed by atoms with Gasteiger partial charge in [0, 0.05) is 12.2 Å². The van der Waals surface area contributed by atoms with Gasteiger partial charge in [-0.15, -0.1) is 0 Å². The van der Waals surface area contributed by atoms with Gasteiger partial charge in [0.25, 0.3) is 0 Å². The molecule has 0 fully saturated rings. The van der Waals surface area contributed by atoms with Gasteiger partial charge in [0.1, 0.15) is 6.07 Å². The van der Waals surface area contributed by atoms with Crippen LogP contribution in [0.5, 0.6) is 0 Å².